The molecule has 2 aromatic rings. The Morgan fingerprint density at radius 1 is 1.08 bits per heavy atom. The van der Waals surface area contributed by atoms with Gasteiger partial charge in [-0.1, -0.05) is 23.8 Å². The number of amides is 2. The average molecular weight is 374 g/mol. The van der Waals surface area contributed by atoms with Crippen molar-refractivity contribution in [1.82, 2.24) is 4.72 Å². The molecular formula is C19H22N2O4S. The van der Waals surface area contributed by atoms with Gasteiger partial charge in [-0.25, -0.2) is 17.9 Å². The maximum Gasteiger partial charge on any atom is 0.333 e. The molecule has 1 aliphatic rings. The summed E-state index contributed by atoms with van der Waals surface area (Å²) in [6, 6.07) is 9.04. The van der Waals surface area contributed by atoms with Gasteiger partial charge in [-0.3, -0.25) is 0 Å². The summed E-state index contributed by atoms with van der Waals surface area (Å²) in [7, 11) is -3.94. The predicted molar refractivity (Wildman–Crippen MR) is 100 cm³/mol. The SMILES string of the molecule is Cc1ccc(S(=O)(=O)NC(=O)Nc2ccc(C)c3c2OC(C)(C)C3)cc1. The molecule has 0 bridgehead atoms. The first-order valence-corrected chi connectivity index (χ1v) is 9.78. The number of hydrogen-bond donors (Lipinski definition) is 2. The molecule has 2 amide bonds. The maximum atomic E-state index is 12.3. The molecule has 0 unspecified atom stereocenters. The summed E-state index contributed by atoms with van der Waals surface area (Å²) in [4.78, 5) is 12.3. The first kappa shape index (κ1) is 18.3. The van der Waals surface area contributed by atoms with Crippen LogP contribution in [0.2, 0.25) is 0 Å². The minimum Gasteiger partial charge on any atom is -0.485 e. The summed E-state index contributed by atoms with van der Waals surface area (Å²) in [5, 5.41) is 2.59. The molecule has 2 aromatic carbocycles. The number of anilines is 1. The molecule has 6 nitrogen and oxygen atoms in total. The lowest BCUT2D eigenvalue weighted by molar-refractivity contribution is 0.139. The van der Waals surface area contributed by atoms with Crippen LogP contribution in [0.15, 0.2) is 41.3 Å². The topological polar surface area (TPSA) is 84.5 Å². The smallest absolute Gasteiger partial charge is 0.333 e. The molecule has 0 fully saturated rings. The van der Waals surface area contributed by atoms with E-state index in [1.165, 1.54) is 12.1 Å². The molecule has 0 saturated carbocycles. The summed E-state index contributed by atoms with van der Waals surface area (Å²) in [5.74, 6) is 0.595. The van der Waals surface area contributed by atoms with E-state index in [1.54, 1.807) is 18.2 Å². The Morgan fingerprint density at radius 3 is 2.38 bits per heavy atom. The standard InChI is InChI=1S/C19H22N2O4S/c1-12-5-8-14(9-6-12)26(23,24)21-18(22)20-16-10-7-13(2)15-11-19(3,4)25-17(15)16/h5-10H,11H2,1-4H3,(H2,20,21,22). The van der Waals surface area contributed by atoms with Crippen LogP contribution in [-0.4, -0.2) is 20.0 Å². The van der Waals surface area contributed by atoms with Gasteiger partial charge in [-0.2, -0.15) is 0 Å². The van der Waals surface area contributed by atoms with Crippen LogP contribution >= 0.6 is 0 Å². The molecule has 1 heterocycles. The fourth-order valence-corrected chi connectivity index (χ4v) is 3.85. The number of urea groups is 1. The molecule has 0 radical (unpaired) electrons. The van der Waals surface area contributed by atoms with E-state index in [1.807, 2.05) is 38.5 Å². The van der Waals surface area contributed by atoms with Gasteiger partial charge in [0.05, 0.1) is 10.6 Å². The third-order valence-electron chi connectivity index (χ3n) is 4.28. The van der Waals surface area contributed by atoms with Crippen LogP contribution in [0, 0.1) is 13.8 Å². The summed E-state index contributed by atoms with van der Waals surface area (Å²) in [6.07, 6.45) is 0.729. The van der Waals surface area contributed by atoms with Gasteiger partial charge in [0.15, 0.2) is 0 Å². The highest BCUT2D eigenvalue weighted by Crippen LogP contribution is 2.42. The third kappa shape index (κ3) is 3.67. The molecule has 138 valence electrons. The van der Waals surface area contributed by atoms with Gasteiger partial charge in [0, 0.05) is 12.0 Å². The number of carbonyl (C=O) groups is 1. The molecule has 2 N–H and O–H groups in total. The van der Waals surface area contributed by atoms with Gasteiger partial charge in [-0.15, -0.1) is 0 Å². The molecule has 26 heavy (non-hydrogen) atoms. The van der Waals surface area contributed by atoms with Crippen molar-refractivity contribution in [3.05, 3.63) is 53.1 Å². The van der Waals surface area contributed by atoms with Gasteiger partial charge < -0.3 is 10.1 Å². The zero-order valence-corrected chi connectivity index (χ0v) is 16.0. The van der Waals surface area contributed by atoms with Crippen LogP contribution in [0.1, 0.15) is 30.5 Å². The number of ether oxygens (including phenoxy) is 1. The fourth-order valence-electron chi connectivity index (χ4n) is 2.95. The van der Waals surface area contributed by atoms with Gasteiger partial charge in [0.25, 0.3) is 10.0 Å². The lowest BCUT2D eigenvalue weighted by Gasteiger charge is -2.18. The van der Waals surface area contributed by atoms with Gasteiger partial charge >= 0.3 is 6.03 Å². The van der Waals surface area contributed by atoms with E-state index >= 15 is 0 Å². The van der Waals surface area contributed by atoms with Crippen LogP contribution < -0.4 is 14.8 Å². The zero-order chi connectivity index (χ0) is 19.1. The van der Waals surface area contributed by atoms with Crippen molar-refractivity contribution >= 4 is 21.7 Å². The summed E-state index contributed by atoms with van der Waals surface area (Å²) < 4.78 is 32.6. The van der Waals surface area contributed by atoms with E-state index in [-0.39, 0.29) is 10.5 Å². The average Bonchev–Trinajstić information content (AvgIpc) is 2.86. The number of nitrogens with one attached hydrogen (secondary N) is 2. The minimum absolute atomic E-state index is 0.0322. The number of sulfonamides is 1. The monoisotopic (exact) mass is 374 g/mol. The molecule has 0 aliphatic carbocycles. The van der Waals surface area contributed by atoms with Crippen LogP contribution in [-0.2, 0) is 16.4 Å². The number of fused-ring (bicyclic) bond motifs is 1. The second kappa shape index (κ2) is 6.32. The highest BCUT2D eigenvalue weighted by molar-refractivity contribution is 7.90. The van der Waals surface area contributed by atoms with Crippen molar-refractivity contribution in [2.45, 2.75) is 44.6 Å². The number of rotatable bonds is 3. The molecule has 3 rings (SSSR count). The quantitative estimate of drug-likeness (QED) is 0.861. The number of hydrogen-bond acceptors (Lipinski definition) is 4. The predicted octanol–water partition coefficient (Wildman–Crippen LogP) is 3.53. The zero-order valence-electron chi connectivity index (χ0n) is 15.2. The normalized spacial score (nSPS) is 15.1. The fraction of sp³-hybridized carbons (Fsp3) is 0.316. The molecular weight excluding hydrogens is 352 g/mol. The van der Waals surface area contributed by atoms with Crippen LogP contribution in [0.25, 0.3) is 0 Å². The van der Waals surface area contributed by atoms with Crippen LogP contribution in [0.3, 0.4) is 0 Å². The van der Waals surface area contributed by atoms with Crippen molar-refractivity contribution in [3.8, 4) is 5.75 Å². The van der Waals surface area contributed by atoms with Crippen molar-refractivity contribution < 1.29 is 17.9 Å². The summed E-state index contributed by atoms with van der Waals surface area (Å²) in [6.45, 7) is 7.78. The first-order chi connectivity index (χ1) is 12.1. The molecule has 0 saturated heterocycles. The molecule has 7 heteroatoms. The second-order valence-corrected chi connectivity index (χ2v) is 8.83. The molecule has 0 spiro atoms. The maximum absolute atomic E-state index is 12.3. The highest BCUT2D eigenvalue weighted by atomic mass is 32.2. The van der Waals surface area contributed by atoms with E-state index in [2.05, 4.69) is 5.32 Å². The van der Waals surface area contributed by atoms with E-state index in [4.69, 9.17) is 4.74 Å². The first-order valence-electron chi connectivity index (χ1n) is 8.29. The Bertz CT molecular complexity index is 964. The summed E-state index contributed by atoms with van der Waals surface area (Å²) in [5.41, 5.74) is 3.11. The number of aryl methyl sites for hydroxylation is 2. The van der Waals surface area contributed by atoms with E-state index in [9.17, 15) is 13.2 Å². The molecule has 0 atom stereocenters. The Kier molecular flexibility index (Phi) is 4.44. The number of benzene rings is 2. The molecule has 1 aliphatic heterocycles. The lowest BCUT2D eigenvalue weighted by Crippen LogP contribution is -2.34. The second-order valence-electron chi connectivity index (χ2n) is 7.15. The highest BCUT2D eigenvalue weighted by Gasteiger charge is 2.33. The Balaban J connectivity index is 1.80. The minimum atomic E-state index is -3.94. The van der Waals surface area contributed by atoms with E-state index < -0.39 is 16.1 Å². The van der Waals surface area contributed by atoms with Gasteiger partial charge in [0.1, 0.15) is 11.4 Å². The lowest BCUT2D eigenvalue weighted by atomic mass is 9.98. The Hall–Kier alpha value is -2.54. The van der Waals surface area contributed by atoms with Crippen molar-refractivity contribution in [2.24, 2.45) is 0 Å². The molecule has 0 aromatic heterocycles. The summed E-state index contributed by atoms with van der Waals surface area (Å²) >= 11 is 0. The van der Waals surface area contributed by atoms with Crippen molar-refractivity contribution in [2.75, 3.05) is 5.32 Å². The van der Waals surface area contributed by atoms with E-state index in [0.717, 1.165) is 23.1 Å². The Morgan fingerprint density at radius 2 is 1.73 bits per heavy atom. The van der Waals surface area contributed by atoms with Crippen molar-refractivity contribution in [3.63, 3.8) is 0 Å². The van der Waals surface area contributed by atoms with Gasteiger partial charge in [-0.05, 0) is 51.5 Å². The number of carbonyl (C=O) groups excluding carboxylic acids is 1. The Labute approximate surface area is 153 Å². The third-order valence-corrected chi connectivity index (χ3v) is 5.63. The van der Waals surface area contributed by atoms with Gasteiger partial charge in [0.2, 0.25) is 0 Å². The van der Waals surface area contributed by atoms with Crippen molar-refractivity contribution in [1.29, 1.82) is 0 Å². The van der Waals surface area contributed by atoms with Crippen LogP contribution in [0.5, 0.6) is 5.75 Å². The van der Waals surface area contributed by atoms with Crippen LogP contribution in [0.4, 0.5) is 10.5 Å². The largest absolute Gasteiger partial charge is 0.485 e. The van der Waals surface area contributed by atoms with E-state index in [0.29, 0.717) is 11.4 Å².